The maximum absolute atomic E-state index is 5.69. The fourth-order valence-electron chi connectivity index (χ4n) is 1.02. The molecule has 0 unspecified atom stereocenters. The van der Waals surface area contributed by atoms with Gasteiger partial charge in [-0.05, 0) is 30.9 Å². The maximum Gasteiger partial charge on any atom is 0.0434 e. The van der Waals surface area contributed by atoms with Crippen LogP contribution in [0.15, 0.2) is 34.7 Å². The fourth-order valence-corrected chi connectivity index (χ4v) is 1.51. The number of alkyl halides is 1. The molecular formula is C11H13ClS. The number of allylic oxidation sites excluding steroid dienone is 1. The lowest BCUT2D eigenvalue weighted by Crippen LogP contribution is -1.78. The van der Waals surface area contributed by atoms with Crippen molar-refractivity contribution < 1.29 is 0 Å². The van der Waals surface area contributed by atoms with E-state index >= 15 is 0 Å². The van der Waals surface area contributed by atoms with Gasteiger partial charge in [0.2, 0.25) is 0 Å². The molecule has 0 atom stereocenters. The van der Waals surface area contributed by atoms with Crippen LogP contribution in [0.2, 0.25) is 0 Å². The van der Waals surface area contributed by atoms with Crippen molar-refractivity contribution in [1.29, 1.82) is 0 Å². The highest BCUT2D eigenvalue weighted by Crippen LogP contribution is 2.16. The molecule has 0 aliphatic carbocycles. The minimum atomic E-state index is 0.601. The molecule has 1 aromatic rings. The lowest BCUT2D eigenvalue weighted by Gasteiger charge is -1.98. The monoisotopic (exact) mass is 212 g/mol. The van der Waals surface area contributed by atoms with Gasteiger partial charge >= 0.3 is 0 Å². The van der Waals surface area contributed by atoms with E-state index in [0.29, 0.717) is 5.88 Å². The molecule has 0 aliphatic heterocycles. The molecule has 0 heterocycles. The molecule has 0 nitrogen and oxygen atoms in total. The summed E-state index contributed by atoms with van der Waals surface area (Å²) in [5.41, 5.74) is 2.41. The van der Waals surface area contributed by atoms with E-state index in [-0.39, 0.29) is 0 Å². The van der Waals surface area contributed by atoms with Gasteiger partial charge in [0, 0.05) is 10.8 Å². The Labute approximate surface area is 89.0 Å². The summed E-state index contributed by atoms with van der Waals surface area (Å²) >= 11 is 7.44. The van der Waals surface area contributed by atoms with Gasteiger partial charge in [-0.1, -0.05) is 23.8 Å². The molecule has 0 aliphatic rings. The van der Waals surface area contributed by atoms with Crippen molar-refractivity contribution in [2.45, 2.75) is 11.8 Å². The van der Waals surface area contributed by atoms with E-state index in [1.54, 1.807) is 11.8 Å². The largest absolute Gasteiger partial charge is 0.130 e. The van der Waals surface area contributed by atoms with Gasteiger partial charge in [0.1, 0.15) is 0 Å². The molecule has 0 saturated carbocycles. The second kappa shape index (κ2) is 5.36. The Hall–Kier alpha value is -0.400. The van der Waals surface area contributed by atoms with Crippen LogP contribution in [0.1, 0.15) is 12.5 Å². The highest BCUT2D eigenvalue weighted by atomic mass is 35.5. The van der Waals surface area contributed by atoms with Crippen LogP contribution in [0.5, 0.6) is 0 Å². The van der Waals surface area contributed by atoms with E-state index in [2.05, 4.69) is 36.6 Å². The highest BCUT2D eigenvalue weighted by Gasteiger charge is 1.91. The number of hydrogen-bond acceptors (Lipinski definition) is 1. The van der Waals surface area contributed by atoms with Crippen molar-refractivity contribution in [2.24, 2.45) is 0 Å². The second-order valence-electron chi connectivity index (χ2n) is 2.90. The predicted molar refractivity (Wildman–Crippen MR) is 62.6 cm³/mol. The van der Waals surface area contributed by atoms with Crippen molar-refractivity contribution in [1.82, 2.24) is 0 Å². The van der Waals surface area contributed by atoms with Crippen molar-refractivity contribution in [3.05, 3.63) is 35.4 Å². The molecule has 0 saturated heterocycles. The van der Waals surface area contributed by atoms with E-state index < -0.39 is 0 Å². The standard InChI is InChI=1S/C11H13ClS/c1-9(8-12)7-10-3-5-11(13-2)6-4-10/h3-7H,8H2,1-2H3. The maximum atomic E-state index is 5.69. The minimum Gasteiger partial charge on any atom is -0.130 e. The first kappa shape index (κ1) is 10.7. The summed E-state index contributed by atoms with van der Waals surface area (Å²) in [6.07, 6.45) is 4.19. The normalized spacial score (nSPS) is 11.8. The summed E-state index contributed by atoms with van der Waals surface area (Å²) in [7, 11) is 0. The summed E-state index contributed by atoms with van der Waals surface area (Å²) < 4.78 is 0. The van der Waals surface area contributed by atoms with Gasteiger partial charge in [0.25, 0.3) is 0 Å². The van der Waals surface area contributed by atoms with E-state index in [0.717, 1.165) is 0 Å². The SMILES string of the molecule is CSc1ccc(C=C(C)CCl)cc1. The molecule has 2 heteroatoms. The molecule has 1 aromatic carbocycles. The van der Waals surface area contributed by atoms with Crippen molar-refractivity contribution >= 4 is 29.4 Å². The predicted octanol–water partition coefficient (Wildman–Crippen LogP) is 4.05. The van der Waals surface area contributed by atoms with E-state index in [9.17, 15) is 0 Å². The zero-order valence-electron chi connectivity index (χ0n) is 7.88. The van der Waals surface area contributed by atoms with Gasteiger partial charge in [0.05, 0.1) is 0 Å². The van der Waals surface area contributed by atoms with Gasteiger partial charge in [-0.15, -0.1) is 23.4 Å². The van der Waals surface area contributed by atoms with Crippen LogP contribution in [-0.2, 0) is 0 Å². The Kier molecular flexibility index (Phi) is 4.40. The Balaban J connectivity index is 2.80. The van der Waals surface area contributed by atoms with E-state index in [4.69, 9.17) is 11.6 Å². The lowest BCUT2D eigenvalue weighted by molar-refractivity contribution is 1.41. The topological polar surface area (TPSA) is 0 Å². The Morgan fingerprint density at radius 3 is 2.46 bits per heavy atom. The van der Waals surface area contributed by atoms with Gasteiger partial charge in [-0.25, -0.2) is 0 Å². The summed E-state index contributed by atoms with van der Waals surface area (Å²) in [6.45, 7) is 2.04. The Morgan fingerprint density at radius 2 is 2.00 bits per heavy atom. The second-order valence-corrected chi connectivity index (χ2v) is 4.04. The highest BCUT2D eigenvalue weighted by molar-refractivity contribution is 7.98. The summed E-state index contributed by atoms with van der Waals surface area (Å²) in [5.74, 6) is 0.601. The minimum absolute atomic E-state index is 0.601. The van der Waals surface area contributed by atoms with Crippen LogP contribution in [-0.4, -0.2) is 12.1 Å². The average Bonchev–Trinajstić information content (AvgIpc) is 2.19. The molecule has 0 aromatic heterocycles. The molecule has 0 fully saturated rings. The van der Waals surface area contributed by atoms with E-state index in [1.807, 2.05) is 6.92 Å². The zero-order chi connectivity index (χ0) is 9.68. The van der Waals surface area contributed by atoms with Crippen LogP contribution < -0.4 is 0 Å². The van der Waals surface area contributed by atoms with Crippen molar-refractivity contribution in [2.75, 3.05) is 12.1 Å². The zero-order valence-corrected chi connectivity index (χ0v) is 9.45. The quantitative estimate of drug-likeness (QED) is 0.538. The molecule has 0 amide bonds. The molecule has 13 heavy (non-hydrogen) atoms. The molecular weight excluding hydrogens is 200 g/mol. The first-order chi connectivity index (χ1) is 6.26. The van der Waals surface area contributed by atoms with Crippen molar-refractivity contribution in [3.63, 3.8) is 0 Å². The van der Waals surface area contributed by atoms with E-state index in [1.165, 1.54) is 16.0 Å². The van der Waals surface area contributed by atoms with Gasteiger partial charge in [-0.3, -0.25) is 0 Å². The van der Waals surface area contributed by atoms with Gasteiger partial charge < -0.3 is 0 Å². The fraction of sp³-hybridized carbons (Fsp3) is 0.273. The van der Waals surface area contributed by atoms with Gasteiger partial charge in [-0.2, -0.15) is 0 Å². The summed E-state index contributed by atoms with van der Waals surface area (Å²) in [4.78, 5) is 1.29. The van der Waals surface area contributed by atoms with Gasteiger partial charge in [0.15, 0.2) is 0 Å². The van der Waals surface area contributed by atoms with Crippen LogP contribution in [0, 0.1) is 0 Å². The first-order valence-corrected chi connectivity index (χ1v) is 5.89. The summed E-state index contributed by atoms with van der Waals surface area (Å²) in [6, 6.07) is 8.47. The molecule has 0 spiro atoms. The number of thioether (sulfide) groups is 1. The van der Waals surface area contributed by atoms with Crippen molar-refractivity contribution in [3.8, 4) is 0 Å². The number of hydrogen-bond donors (Lipinski definition) is 0. The van der Waals surface area contributed by atoms with Crippen LogP contribution in [0.4, 0.5) is 0 Å². The third-order valence-corrected chi connectivity index (χ3v) is 2.90. The third-order valence-electron chi connectivity index (χ3n) is 1.74. The first-order valence-electron chi connectivity index (χ1n) is 4.13. The average molecular weight is 213 g/mol. The third kappa shape index (κ3) is 3.45. The smallest absolute Gasteiger partial charge is 0.0434 e. The Bertz CT molecular complexity index is 287. The van der Waals surface area contributed by atoms with Crippen LogP contribution >= 0.6 is 23.4 Å². The number of rotatable bonds is 3. The molecule has 0 bridgehead atoms. The molecule has 70 valence electrons. The number of halogens is 1. The molecule has 1 rings (SSSR count). The number of benzene rings is 1. The Morgan fingerprint density at radius 1 is 1.38 bits per heavy atom. The molecule has 0 radical (unpaired) electrons. The summed E-state index contributed by atoms with van der Waals surface area (Å²) in [5, 5.41) is 0. The lowest BCUT2D eigenvalue weighted by atomic mass is 10.1. The molecule has 0 N–H and O–H groups in total. The van der Waals surface area contributed by atoms with Crippen LogP contribution in [0.3, 0.4) is 0 Å². The van der Waals surface area contributed by atoms with Crippen LogP contribution in [0.25, 0.3) is 6.08 Å².